The summed E-state index contributed by atoms with van der Waals surface area (Å²) in [4.78, 5) is 4.12. The second-order valence-electron chi connectivity index (χ2n) is 3.99. The number of hydrogen-bond acceptors (Lipinski definition) is 5. The molecule has 0 aromatic carbocycles. The number of ether oxygens (including phenoxy) is 4. The fourth-order valence-electron chi connectivity index (χ4n) is 1.33. The molecule has 0 rings (SSSR count). The lowest BCUT2D eigenvalue weighted by molar-refractivity contribution is 0.0698. The zero-order valence-corrected chi connectivity index (χ0v) is 12.9. The van der Waals surface area contributed by atoms with Gasteiger partial charge in [-0.05, 0) is 6.42 Å². The van der Waals surface area contributed by atoms with Gasteiger partial charge in [-0.3, -0.25) is 4.99 Å². The number of methoxy groups -OCH3 is 2. The average molecular weight is 291 g/mol. The second kappa shape index (κ2) is 16.2. The maximum atomic E-state index is 5.37. The van der Waals surface area contributed by atoms with Crippen molar-refractivity contribution in [3.05, 3.63) is 0 Å². The van der Waals surface area contributed by atoms with Crippen LogP contribution in [0.4, 0.5) is 0 Å². The first-order chi connectivity index (χ1) is 9.85. The Balaban J connectivity index is 3.35. The highest BCUT2D eigenvalue weighted by Gasteiger charge is 1.96. The summed E-state index contributed by atoms with van der Waals surface area (Å²) in [5, 5.41) is 6.38. The molecule has 0 aromatic heterocycles. The van der Waals surface area contributed by atoms with E-state index in [1.54, 1.807) is 21.3 Å². The Morgan fingerprint density at radius 3 is 2.00 bits per heavy atom. The van der Waals surface area contributed by atoms with Crippen molar-refractivity contribution in [1.29, 1.82) is 0 Å². The number of rotatable bonds is 13. The number of hydrogen-bond donors (Lipinski definition) is 2. The quantitative estimate of drug-likeness (QED) is 0.280. The van der Waals surface area contributed by atoms with Crippen LogP contribution >= 0.6 is 0 Å². The summed E-state index contributed by atoms with van der Waals surface area (Å²) in [5.41, 5.74) is 0. The molecule has 0 radical (unpaired) electrons. The number of nitrogens with zero attached hydrogens (tertiary/aromatic N) is 1. The molecule has 120 valence electrons. The first kappa shape index (κ1) is 19.1. The normalized spacial score (nSPS) is 11.7. The van der Waals surface area contributed by atoms with Gasteiger partial charge in [-0.25, -0.2) is 0 Å². The van der Waals surface area contributed by atoms with Crippen LogP contribution in [-0.4, -0.2) is 80.0 Å². The minimum absolute atomic E-state index is 0.614. The Hall–Kier alpha value is -0.890. The highest BCUT2D eigenvalue weighted by Crippen LogP contribution is 1.82. The standard InChI is InChI=1S/C13H29N3O4/c1-14-13(16-6-8-20-12-10-18-3)15-5-4-7-19-11-9-17-2/h4-12H2,1-3H3,(H2,14,15,16). The van der Waals surface area contributed by atoms with E-state index < -0.39 is 0 Å². The molecule has 0 aliphatic carbocycles. The van der Waals surface area contributed by atoms with Gasteiger partial charge in [0.1, 0.15) is 0 Å². The molecule has 7 heteroatoms. The van der Waals surface area contributed by atoms with E-state index in [0.29, 0.717) is 46.2 Å². The summed E-state index contributed by atoms with van der Waals surface area (Å²) in [6, 6.07) is 0. The zero-order chi connectivity index (χ0) is 14.9. The van der Waals surface area contributed by atoms with Crippen LogP contribution in [-0.2, 0) is 18.9 Å². The van der Waals surface area contributed by atoms with Crippen molar-refractivity contribution in [3.63, 3.8) is 0 Å². The van der Waals surface area contributed by atoms with E-state index in [9.17, 15) is 0 Å². The molecule has 2 N–H and O–H groups in total. The van der Waals surface area contributed by atoms with E-state index in [2.05, 4.69) is 15.6 Å². The maximum Gasteiger partial charge on any atom is 0.191 e. The zero-order valence-electron chi connectivity index (χ0n) is 12.9. The topological polar surface area (TPSA) is 73.3 Å². The van der Waals surface area contributed by atoms with Gasteiger partial charge in [0.05, 0.1) is 33.0 Å². The highest BCUT2D eigenvalue weighted by atomic mass is 16.5. The molecule has 0 heterocycles. The second-order valence-corrected chi connectivity index (χ2v) is 3.99. The Morgan fingerprint density at radius 2 is 1.40 bits per heavy atom. The summed E-state index contributed by atoms with van der Waals surface area (Å²) in [5.74, 6) is 0.775. The van der Waals surface area contributed by atoms with Crippen molar-refractivity contribution >= 4 is 5.96 Å². The Bertz CT molecular complexity index is 228. The van der Waals surface area contributed by atoms with Crippen LogP contribution in [0.25, 0.3) is 0 Å². The molecule has 7 nitrogen and oxygen atoms in total. The van der Waals surface area contributed by atoms with Crippen LogP contribution in [0.15, 0.2) is 4.99 Å². The lowest BCUT2D eigenvalue weighted by atomic mass is 10.4. The monoisotopic (exact) mass is 291 g/mol. The molecule has 0 spiro atoms. The van der Waals surface area contributed by atoms with E-state index in [-0.39, 0.29) is 0 Å². The largest absolute Gasteiger partial charge is 0.382 e. The Kier molecular flexibility index (Phi) is 15.4. The summed E-state index contributed by atoms with van der Waals surface area (Å²) in [7, 11) is 5.07. The predicted octanol–water partition coefficient (Wildman–Crippen LogP) is -0.132. The molecule has 0 bridgehead atoms. The Labute approximate surface area is 122 Å². The van der Waals surface area contributed by atoms with Gasteiger partial charge < -0.3 is 29.6 Å². The lowest BCUT2D eigenvalue weighted by Gasteiger charge is -2.12. The molecule has 0 atom stereocenters. The van der Waals surface area contributed by atoms with Crippen LogP contribution in [0.2, 0.25) is 0 Å². The molecule has 0 unspecified atom stereocenters. The van der Waals surface area contributed by atoms with E-state index in [4.69, 9.17) is 18.9 Å². The van der Waals surface area contributed by atoms with Crippen molar-refractivity contribution in [1.82, 2.24) is 10.6 Å². The molecule has 0 saturated heterocycles. The van der Waals surface area contributed by atoms with Gasteiger partial charge in [0.15, 0.2) is 5.96 Å². The first-order valence-corrected chi connectivity index (χ1v) is 6.93. The van der Waals surface area contributed by atoms with Crippen molar-refractivity contribution in [2.24, 2.45) is 4.99 Å². The van der Waals surface area contributed by atoms with E-state index >= 15 is 0 Å². The van der Waals surface area contributed by atoms with E-state index in [0.717, 1.165) is 18.9 Å². The van der Waals surface area contributed by atoms with Gasteiger partial charge in [0, 0.05) is 41.0 Å². The van der Waals surface area contributed by atoms with E-state index in [1.807, 2.05) is 0 Å². The van der Waals surface area contributed by atoms with Crippen LogP contribution in [0.5, 0.6) is 0 Å². The highest BCUT2D eigenvalue weighted by molar-refractivity contribution is 5.79. The third-order valence-corrected chi connectivity index (χ3v) is 2.38. The summed E-state index contributed by atoms with van der Waals surface area (Å²) in [6.07, 6.45) is 0.925. The lowest BCUT2D eigenvalue weighted by Crippen LogP contribution is -2.39. The van der Waals surface area contributed by atoms with Crippen LogP contribution in [0.3, 0.4) is 0 Å². The van der Waals surface area contributed by atoms with Gasteiger partial charge >= 0.3 is 0 Å². The molecular weight excluding hydrogens is 262 g/mol. The third-order valence-electron chi connectivity index (χ3n) is 2.38. The van der Waals surface area contributed by atoms with Crippen molar-refractivity contribution < 1.29 is 18.9 Å². The number of guanidine groups is 1. The molecule has 0 aliphatic heterocycles. The Morgan fingerprint density at radius 1 is 0.800 bits per heavy atom. The number of aliphatic imine (C=N–C) groups is 1. The van der Waals surface area contributed by atoms with Gasteiger partial charge in [0.2, 0.25) is 0 Å². The SMILES string of the molecule is CN=C(NCCCOCCOC)NCCOCCOC. The average Bonchev–Trinajstić information content (AvgIpc) is 2.47. The first-order valence-electron chi connectivity index (χ1n) is 6.93. The molecule has 20 heavy (non-hydrogen) atoms. The third kappa shape index (κ3) is 13.5. The van der Waals surface area contributed by atoms with Crippen LogP contribution in [0.1, 0.15) is 6.42 Å². The molecule has 0 aliphatic rings. The predicted molar refractivity (Wildman–Crippen MR) is 79.4 cm³/mol. The van der Waals surface area contributed by atoms with Crippen LogP contribution in [0, 0.1) is 0 Å². The summed E-state index contributed by atoms with van der Waals surface area (Å²) >= 11 is 0. The molecule has 0 saturated carbocycles. The van der Waals surface area contributed by atoms with Gasteiger partial charge in [-0.2, -0.15) is 0 Å². The van der Waals surface area contributed by atoms with Crippen molar-refractivity contribution in [2.75, 3.05) is 74.0 Å². The van der Waals surface area contributed by atoms with Crippen molar-refractivity contribution in [2.45, 2.75) is 6.42 Å². The van der Waals surface area contributed by atoms with Crippen molar-refractivity contribution in [3.8, 4) is 0 Å². The van der Waals surface area contributed by atoms with Crippen LogP contribution < -0.4 is 10.6 Å². The minimum atomic E-state index is 0.614. The number of nitrogens with one attached hydrogen (secondary N) is 2. The summed E-state index contributed by atoms with van der Waals surface area (Å²) < 4.78 is 20.5. The molecule has 0 fully saturated rings. The van der Waals surface area contributed by atoms with Gasteiger partial charge in [-0.15, -0.1) is 0 Å². The fraction of sp³-hybridized carbons (Fsp3) is 0.923. The van der Waals surface area contributed by atoms with Gasteiger partial charge in [0.25, 0.3) is 0 Å². The minimum Gasteiger partial charge on any atom is -0.382 e. The molecule has 0 aromatic rings. The molecular formula is C13H29N3O4. The fourth-order valence-corrected chi connectivity index (χ4v) is 1.33. The van der Waals surface area contributed by atoms with Gasteiger partial charge in [-0.1, -0.05) is 0 Å². The smallest absolute Gasteiger partial charge is 0.191 e. The summed E-state index contributed by atoms with van der Waals surface area (Å²) in [6.45, 7) is 5.39. The maximum absolute atomic E-state index is 5.37. The van der Waals surface area contributed by atoms with E-state index in [1.165, 1.54) is 0 Å². The molecule has 0 amide bonds.